The van der Waals surface area contributed by atoms with E-state index in [9.17, 15) is 4.79 Å². The fourth-order valence-corrected chi connectivity index (χ4v) is 4.29. The molecule has 1 heterocycles. The third-order valence-electron chi connectivity index (χ3n) is 5.82. The van der Waals surface area contributed by atoms with Crippen LogP contribution in [0.5, 0.6) is 5.75 Å². The monoisotopic (exact) mass is 519 g/mol. The molecule has 1 N–H and O–H groups in total. The maximum Gasteiger partial charge on any atom is 0.251 e. The molecular weight excluding hydrogens is 490 g/mol. The van der Waals surface area contributed by atoms with Crippen molar-refractivity contribution >= 4 is 32.9 Å². The molecule has 1 amide bonds. The first-order valence-corrected chi connectivity index (χ1v) is 12.4. The third-order valence-corrected chi connectivity index (χ3v) is 6.35. The van der Waals surface area contributed by atoms with E-state index in [0.29, 0.717) is 24.6 Å². The zero-order chi connectivity index (χ0) is 24.1. The highest BCUT2D eigenvalue weighted by Gasteiger charge is 2.13. The molecule has 0 saturated carbocycles. The minimum absolute atomic E-state index is 0.116. The molecule has 0 fully saturated rings. The molecule has 5 nitrogen and oxygen atoms in total. The number of hydrogen-bond donors (Lipinski definition) is 1. The number of ether oxygens (including phenoxy) is 1. The molecule has 0 bridgehead atoms. The molecule has 0 aliphatic heterocycles. The first-order valence-electron chi connectivity index (χ1n) is 11.6. The molecule has 0 aliphatic rings. The number of benzene rings is 3. The average molecular weight is 520 g/mol. The molecule has 6 heteroatoms. The van der Waals surface area contributed by atoms with Gasteiger partial charge in [-0.15, -0.1) is 0 Å². The molecule has 4 rings (SSSR count). The number of imidazole rings is 1. The Morgan fingerprint density at radius 3 is 2.62 bits per heavy atom. The number of nitrogens with zero attached hydrogens (tertiary/aromatic N) is 2. The van der Waals surface area contributed by atoms with Crippen LogP contribution < -0.4 is 10.1 Å². The lowest BCUT2D eigenvalue weighted by Gasteiger charge is -2.15. The minimum atomic E-state index is -0.116. The molecule has 34 heavy (non-hydrogen) atoms. The fraction of sp³-hybridized carbons (Fsp3) is 0.286. The predicted octanol–water partition coefficient (Wildman–Crippen LogP) is 6.63. The summed E-state index contributed by atoms with van der Waals surface area (Å²) >= 11 is 3.40. The fourth-order valence-electron chi connectivity index (χ4n) is 4.02. The van der Waals surface area contributed by atoms with Crippen LogP contribution in [-0.4, -0.2) is 22.1 Å². The highest BCUT2D eigenvalue weighted by Crippen LogP contribution is 2.27. The van der Waals surface area contributed by atoms with Crippen molar-refractivity contribution in [2.75, 3.05) is 6.61 Å². The van der Waals surface area contributed by atoms with Crippen LogP contribution in [0.15, 0.2) is 71.2 Å². The Morgan fingerprint density at radius 2 is 1.85 bits per heavy atom. The van der Waals surface area contributed by atoms with Crippen molar-refractivity contribution < 1.29 is 9.53 Å². The molecule has 3 aromatic carbocycles. The van der Waals surface area contributed by atoms with E-state index in [0.717, 1.165) is 40.0 Å². The summed E-state index contributed by atoms with van der Waals surface area (Å²) < 4.78 is 9.31. The molecular formula is C28H30BrN3O2. The van der Waals surface area contributed by atoms with Crippen molar-refractivity contribution in [2.24, 2.45) is 0 Å². The van der Waals surface area contributed by atoms with E-state index in [-0.39, 0.29) is 5.91 Å². The topological polar surface area (TPSA) is 56.1 Å². The molecule has 0 saturated heterocycles. The van der Waals surface area contributed by atoms with Gasteiger partial charge in [-0.25, -0.2) is 4.98 Å². The Hall–Kier alpha value is -3.12. The summed E-state index contributed by atoms with van der Waals surface area (Å²) in [5, 5.41) is 3.01. The molecule has 176 valence electrons. The van der Waals surface area contributed by atoms with Gasteiger partial charge in [-0.05, 0) is 72.9 Å². The summed E-state index contributed by atoms with van der Waals surface area (Å²) in [6, 6.07) is 21.8. The first-order chi connectivity index (χ1) is 16.4. The van der Waals surface area contributed by atoms with Crippen LogP contribution in [0.3, 0.4) is 0 Å². The highest BCUT2D eigenvalue weighted by atomic mass is 79.9. The van der Waals surface area contributed by atoms with E-state index < -0.39 is 0 Å². The SMILES string of the molecule is Cc1ccc(C(C)C)c(OCCCn2c(CNC(=O)c3ccc(Br)cc3)nc3ccccc32)c1. The number of nitrogens with one attached hydrogen (secondary N) is 1. The van der Waals surface area contributed by atoms with Crippen molar-refractivity contribution in [3.8, 4) is 5.75 Å². The Bertz CT molecular complexity index is 1280. The van der Waals surface area contributed by atoms with E-state index in [2.05, 4.69) is 70.9 Å². The summed E-state index contributed by atoms with van der Waals surface area (Å²) in [7, 11) is 0. The van der Waals surface area contributed by atoms with Crippen molar-refractivity contribution in [1.29, 1.82) is 0 Å². The van der Waals surface area contributed by atoms with Gasteiger partial charge in [0, 0.05) is 16.6 Å². The van der Waals surface area contributed by atoms with Crippen LogP contribution in [-0.2, 0) is 13.1 Å². The van der Waals surface area contributed by atoms with Gasteiger partial charge in [-0.3, -0.25) is 4.79 Å². The van der Waals surface area contributed by atoms with Crippen molar-refractivity contribution in [1.82, 2.24) is 14.9 Å². The van der Waals surface area contributed by atoms with Crippen LogP contribution in [0.2, 0.25) is 0 Å². The van der Waals surface area contributed by atoms with E-state index in [1.165, 1.54) is 11.1 Å². The molecule has 1 aromatic heterocycles. The van der Waals surface area contributed by atoms with Gasteiger partial charge in [-0.1, -0.05) is 54.0 Å². The van der Waals surface area contributed by atoms with Crippen molar-refractivity contribution in [3.63, 3.8) is 0 Å². The maximum absolute atomic E-state index is 12.6. The van der Waals surface area contributed by atoms with Gasteiger partial charge in [0.25, 0.3) is 5.91 Å². The third kappa shape index (κ3) is 5.68. The lowest BCUT2D eigenvalue weighted by molar-refractivity contribution is 0.0949. The summed E-state index contributed by atoms with van der Waals surface area (Å²) in [6.07, 6.45) is 0.833. The maximum atomic E-state index is 12.6. The van der Waals surface area contributed by atoms with Gasteiger partial charge < -0.3 is 14.6 Å². The number of hydrogen-bond acceptors (Lipinski definition) is 3. The normalized spacial score (nSPS) is 11.2. The zero-order valence-electron chi connectivity index (χ0n) is 19.8. The van der Waals surface area contributed by atoms with Crippen molar-refractivity contribution in [3.05, 3.63) is 93.7 Å². The zero-order valence-corrected chi connectivity index (χ0v) is 21.4. The van der Waals surface area contributed by atoms with Crippen LogP contribution in [0.25, 0.3) is 11.0 Å². The second kappa shape index (κ2) is 10.9. The van der Waals surface area contributed by atoms with Crippen LogP contribution in [0.4, 0.5) is 0 Å². The first kappa shape index (κ1) is 24.0. The van der Waals surface area contributed by atoms with E-state index >= 15 is 0 Å². The van der Waals surface area contributed by atoms with E-state index in [1.54, 1.807) is 12.1 Å². The number of amides is 1. The number of para-hydroxylation sites is 2. The van der Waals surface area contributed by atoms with Gasteiger partial charge in [0.15, 0.2) is 0 Å². The number of rotatable bonds is 9. The quantitative estimate of drug-likeness (QED) is 0.252. The smallest absolute Gasteiger partial charge is 0.251 e. The highest BCUT2D eigenvalue weighted by molar-refractivity contribution is 9.10. The molecule has 0 aliphatic carbocycles. The second-order valence-corrected chi connectivity index (χ2v) is 9.67. The van der Waals surface area contributed by atoms with Gasteiger partial charge in [-0.2, -0.15) is 0 Å². The number of aromatic nitrogens is 2. The summed E-state index contributed by atoms with van der Waals surface area (Å²) in [6.45, 7) is 8.18. The molecule has 0 unspecified atom stereocenters. The largest absolute Gasteiger partial charge is 0.493 e. The predicted molar refractivity (Wildman–Crippen MR) is 140 cm³/mol. The van der Waals surface area contributed by atoms with Gasteiger partial charge >= 0.3 is 0 Å². The Balaban J connectivity index is 1.44. The lowest BCUT2D eigenvalue weighted by atomic mass is 10.0. The molecule has 4 aromatic rings. The molecule has 0 atom stereocenters. The Labute approximate surface area is 209 Å². The molecule has 0 radical (unpaired) electrons. The summed E-state index contributed by atoms with van der Waals surface area (Å²) in [5.74, 6) is 2.10. The van der Waals surface area contributed by atoms with Crippen LogP contribution in [0, 0.1) is 6.92 Å². The van der Waals surface area contributed by atoms with E-state index in [4.69, 9.17) is 9.72 Å². The van der Waals surface area contributed by atoms with Crippen LogP contribution >= 0.6 is 15.9 Å². The average Bonchev–Trinajstić information content (AvgIpc) is 3.18. The second-order valence-electron chi connectivity index (χ2n) is 8.76. The summed E-state index contributed by atoms with van der Waals surface area (Å²) in [4.78, 5) is 17.4. The Kier molecular flexibility index (Phi) is 7.68. The molecule has 0 spiro atoms. The van der Waals surface area contributed by atoms with E-state index in [1.807, 2.05) is 30.3 Å². The minimum Gasteiger partial charge on any atom is -0.493 e. The number of aryl methyl sites for hydroxylation is 2. The van der Waals surface area contributed by atoms with Gasteiger partial charge in [0.05, 0.1) is 24.2 Å². The van der Waals surface area contributed by atoms with Crippen molar-refractivity contribution in [2.45, 2.75) is 46.2 Å². The van der Waals surface area contributed by atoms with Gasteiger partial charge in [0.2, 0.25) is 0 Å². The standard InChI is InChI=1S/C28H30BrN3O2/c1-19(2)23-14-9-20(3)17-26(23)34-16-6-15-32-25-8-5-4-7-24(25)31-27(32)18-30-28(33)21-10-12-22(29)13-11-21/h4-5,7-14,17,19H,6,15-16,18H2,1-3H3,(H,30,33). The lowest BCUT2D eigenvalue weighted by Crippen LogP contribution is -2.25. The Morgan fingerprint density at radius 1 is 1.09 bits per heavy atom. The van der Waals surface area contributed by atoms with Crippen LogP contribution in [0.1, 0.15) is 53.5 Å². The van der Waals surface area contributed by atoms with Gasteiger partial charge in [0.1, 0.15) is 11.6 Å². The number of halogens is 1. The number of fused-ring (bicyclic) bond motifs is 1. The number of carbonyl (C=O) groups is 1. The summed E-state index contributed by atoms with van der Waals surface area (Å²) in [5.41, 5.74) is 5.04. The number of carbonyl (C=O) groups excluding carboxylic acids is 1.